The first kappa shape index (κ1) is 19.3. The maximum Gasteiger partial charge on any atom is 0.488 e. The third kappa shape index (κ3) is 5.51. The molecule has 2 aromatic rings. The van der Waals surface area contributed by atoms with Gasteiger partial charge in [0, 0.05) is 12.1 Å². The topological polar surface area (TPSA) is 112 Å². The molecule has 0 unspecified atom stereocenters. The molecule has 0 bridgehead atoms. The molecule has 0 atom stereocenters. The Balaban J connectivity index is 1.92. The molecule has 0 aliphatic carbocycles. The van der Waals surface area contributed by atoms with Gasteiger partial charge in [0.1, 0.15) is 5.75 Å². The Kier molecular flexibility index (Phi) is 7.03. The number of hydrogen-bond acceptors (Lipinski definition) is 6. The molecule has 0 aliphatic rings. The van der Waals surface area contributed by atoms with Crippen LogP contribution in [0.15, 0.2) is 42.5 Å². The zero-order chi connectivity index (χ0) is 18.9. The molecule has 3 N–H and O–H groups in total. The van der Waals surface area contributed by atoms with Crippen LogP contribution in [-0.2, 0) is 11.2 Å². The molecule has 0 spiro atoms. The molecule has 1 amide bonds. The Morgan fingerprint density at radius 1 is 1.27 bits per heavy atom. The van der Waals surface area contributed by atoms with Crippen molar-refractivity contribution in [1.29, 1.82) is 5.26 Å². The second-order valence-electron chi connectivity index (χ2n) is 5.38. The first-order valence-corrected chi connectivity index (χ1v) is 8.09. The van der Waals surface area contributed by atoms with Crippen molar-refractivity contribution in [2.24, 2.45) is 0 Å². The van der Waals surface area contributed by atoms with Crippen LogP contribution in [0, 0.1) is 11.3 Å². The van der Waals surface area contributed by atoms with E-state index in [2.05, 4.69) is 5.32 Å². The maximum atomic E-state index is 11.8. The number of rotatable bonds is 7. The minimum Gasteiger partial charge on any atom is -0.494 e. The van der Waals surface area contributed by atoms with Gasteiger partial charge in [-0.2, -0.15) is 5.26 Å². The molecular weight excluding hydrogens is 335 g/mol. The predicted octanol–water partition coefficient (Wildman–Crippen LogP) is 1.43. The van der Waals surface area contributed by atoms with Crippen molar-refractivity contribution >= 4 is 24.4 Å². The molecule has 0 saturated carbocycles. The molecule has 0 heterocycles. The number of nitrogens with zero attached hydrogens (tertiary/aromatic N) is 1. The number of anilines is 1. The molecule has 26 heavy (non-hydrogen) atoms. The van der Waals surface area contributed by atoms with Crippen LogP contribution < -0.4 is 15.5 Å². The summed E-state index contributed by atoms with van der Waals surface area (Å²) in [5.74, 6) is 0.517. The largest absolute Gasteiger partial charge is 0.494 e. The predicted molar refractivity (Wildman–Crippen MR) is 97.3 cm³/mol. The van der Waals surface area contributed by atoms with Gasteiger partial charge in [-0.15, -0.1) is 0 Å². The van der Waals surface area contributed by atoms with Crippen LogP contribution in [-0.4, -0.2) is 36.5 Å². The van der Waals surface area contributed by atoms with Crippen molar-refractivity contribution < 1.29 is 24.3 Å². The first-order valence-electron chi connectivity index (χ1n) is 8.09. The smallest absolute Gasteiger partial charge is 0.488 e. The lowest BCUT2D eigenvalue weighted by molar-refractivity contribution is 0.162. The lowest BCUT2D eigenvalue weighted by Crippen LogP contribution is -2.30. The van der Waals surface area contributed by atoms with Crippen LogP contribution in [0.3, 0.4) is 0 Å². The average Bonchev–Trinajstić information content (AvgIpc) is 2.63. The van der Waals surface area contributed by atoms with E-state index in [1.807, 2.05) is 13.0 Å². The highest BCUT2D eigenvalue weighted by molar-refractivity contribution is 6.58. The minimum absolute atomic E-state index is 0.116. The van der Waals surface area contributed by atoms with E-state index in [0.29, 0.717) is 35.5 Å². The summed E-state index contributed by atoms with van der Waals surface area (Å²) in [5, 5.41) is 29.9. The molecule has 0 aliphatic heterocycles. The normalized spacial score (nSPS) is 9.92. The quantitative estimate of drug-likeness (QED) is 0.649. The fraction of sp³-hybridized carbons (Fsp3) is 0.222. The Morgan fingerprint density at radius 3 is 2.77 bits per heavy atom. The Hall–Kier alpha value is -3.02. The Morgan fingerprint density at radius 2 is 2.08 bits per heavy atom. The van der Waals surface area contributed by atoms with Crippen LogP contribution in [0.2, 0.25) is 0 Å². The zero-order valence-corrected chi connectivity index (χ0v) is 14.3. The van der Waals surface area contributed by atoms with E-state index >= 15 is 0 Å². The van der Waals surface area contributed by atoms with Crippen LogP contribution in [0.4, 0.5) is 10.5 Å². The molecule has 2 aromatic carbocycles. The lowest BCUT2D eigenvalue weighted by Gasteiger charge is -2.13. The summed E-state index contributed by atoms with van der Waals surface area (Å²) >= 11 is 0. The van der Waals surface area contributed by atoms with Gasteiger partial charge in [-0.05, 0) is 42.2 Å². The molecule has 0 fully saturated rings. The zero-order valence-electron chi connectivity index (χ0n) is 14.3. The van der Waals surface area contributed by atoms with E-state index in [0.717, 1.165) is 5.56 Å². The average molecular weight is 354 g/mol. The van der Waals surface area contributed by atoms with E-state index < -0.39 is 13.2 Å². The third-order valence-corrected chi connectivity index (χ3v) is 3.53. The fourth-order valence-corrected chi connectivity index (χ4v) is 2.30. The minimum atomic E-state index is -1.57. The fourth-order valence-electron chi connectivity index (χ4n) is 2.30. The van der Waals surface area contributed by atoms with Gasteiger partial charge in [0.15, 0.2) is 0 Å². The second-order valence-corrected chi connectivity index (χ2v) is 5.38. The SMILES string of the molecule is CCOc1cc(B(O)O)ccc1CCOC(=O)Nc1cccc(C#N)c1. The molecule has 0 saturated heterocycles. The van der Waals surface area contributed by atoms with Gasteiger partial charge in [0.2, 0.25) is 0 Å². The summed E-state index contributed by atoms with van der Waals surface area (Å²) in [5.41, 5.74) is 2.03. The Bertz CT molecular complexity index is 804. The maximum absolute atomic E-state index is 11.8. The summed E-state index contributed by atoms with van der Waals surface area (Å²) in [7, 11) is -1.57. The lowest BCUT2D eigenvalue weighted by atomic mass is 9.79. The van der Waals surface area contributed by atoms with Gasteiger partial charge in [-0.25, -0.2) is 4.79 Å². The molecule has 134 valence electrons. The van der Waals surface area contributed by atoms with Gasteiger partial charge in [-0.1, -0.05) is 18.2 Å². The third-order valence-electron chi connectivity index (χ3n) is 3.53. The van der Waals surface area contributed by atoms with Crippen molar-refractivity contribution in [3.05, 3.63) is 53.6 Å². The number of ether oxygens (including phenoxy) is 2. The van der Waals surface area contributed by atoms with Crippen molar-refractivity contribution in [3.63, 3.8) is 0 Å². The van der Waals surface area contributed by atoms with E-state index in [4.69, 9.17) is 14.7 Å². The highest BCUT2D eigenvalue weighted by Gasteiger charge is 2.14. The summed E-state index contributed by atoms with van der Waals surface area (Å²) in [6.45, 7) is 2.37. The molecule has 7 nitrogen and oxygen atoms in total. The molecule has 0 radical (unpaired) electrons. The van der Waals surface area contributed by atoms with E-state index in [9.17, 15) is 14.8 Å². The summed E-state index contributed by atoms with van der Waals surface area (Å²) in [6, 6.07) is 13.3. The van der Waals surface area contributed by atoms with Crippen LogP contribution >= 0.6 is 0 Å². The van der Waals surface area contributed by atoms with Crippen LogP contribution in [0.5, 0.6) is 5.75 Å². The van der Waals surface area contributed by atoms with Gasteiger partial charge < -0.3 is 19.5 Å². The molecular formula is C18H19BN2O5. The number of benzene rings is 2. The Labute approximate surface area is 151 Å². The van der Waals surface area contributed by atoms with Gasteiger partial charge in [-0.3, -0.25) is 5.32 Å². The van der Waals surface area contributed by atoms with Crippen molar-refractivity contribution in [2.75, 3.05) is 18.5 Å². The van der Waals surface area contributed by atoms with E-state index in [1.54, 1.807) is 42.5 Å². The van der Waals surface area contributed by atoms with Crippen molar-refractivity contribution in [2.45, 2.75) is 13.3 Å². The van der Waals surface area contributed by atoms with E-state index in [-0.39, 0.29) is 6.61 Å². The summed E-state index contributed by atoms with van der Waals surface area (Å²) in [4.78, 5) is 11.8. The standard InChI is InChI=1S/C18H19BN2O5/c1-2-25-17-11-15(19(23)24)7-6-14(17)8-9-26-18(22)21-16-5-3-4-13(10-16)12-20/h3-7,10-11,23-24H,2,8-9H2,1H3,(H,21,22). The molecule has 0 aromatic heterocycles. The van der Waals surface area contributed by atoms with Gasteiger partial charge in [0.05, 0.1) is 24.8 Å². The summed E-state index contributed by atoms with van der Waals surface area (Å²) < 4.78 is 10.6. The number of nitrogens with one attached hydrogen (secondary N) is 1. The van der Waals surface area contributed by atoms with Crippen molar-refractivity contribution in [1.82, 2.24) is 0 Å². The summed E-state index contributed by atoms with van der Waals surface area (Å²) in [6.07, 6.45) is -0.219. The number of carbonyl (C=O) groups is 1. The highest BCUT2D eigenvalue weighted by Crippen LogP contribution is 2.18. The first-order chi connectivity index (χ1) is 12.5. The van der Waals surface area contributed by atoms with Crippen LogP contribution in [0.25, 0.3) is 0 Å². The van der Waals surface area contributed by atoms with Crippen molar-refractivity contribution in [3.8, 4) is 11.8 Å². The highest BCUT2D eigenvalue weighted by atomic mass is 16.5. The number of nitriles is 1. The number of amides is 1. The number of carbonyl (C=O) groups excluding carboxylic acids is 1. The van der Waals surface area contributed by atoms with Crippen LogP contribution in [0.1, 0.15) is 18.1 Å². The molecule has 2 rings (SSSR count). The van der Waals surface area contributed by atoms with Gasteiger partial charge >= 0.3 is 13.2 Å². The molecule has 8 heteroatoms. The van der Waals surface area contributed by atoms with Gasteiger partial charge in [0.25, 0.3) is 0 Å². The monoisotopic (exact) mass is 354 g/mol. The second kappa shape index (κ2) is 9.46. The van der Waals surface area contributed by atoms with E-state index in [1.165, 1.54) is 0 Å². The number of hydrogen-bond donors (Lipinski definition) is 3.